The lowest BCUT2D eigenvalue weighted by Gasteiger charge is -2.37. The summed E-state index contributed by atoms with van der Waals surface area (Å²) in [7, 11) is 1.87. The van der Waals surface area contributed by atoms with Gasteiger partial charge in [0.1, 0.15) is 5.01 Å². The van der Waals surface area contributed by atoms with Crippen LogP contribution in [0.15, 0.2) is 5.38 Å². The Hall–Kier alpha value is -1.43. The summed E-state index contributed by atoms with van der Waals surface area (Å²) in [6, 6.07) is 0.00541. The molecule has 6 heteroatoms. The Morgan fingerprint density at radius 2 is 1.92 bits per heavy atom. The third kappa shape index (κ3) is 3.48. The van der Waals surface area contributed by atoms with Crippen LogP contribution in [0.3, 0.4) is 0 Å². The van der Waals surface area contributed by atoms with Crippen molar-refractivity contribution < 1.29 is 9.59 Å². The van der Waals surface area contributed by atoms with Crippen LogP contribution in [-0.2, 0) is 9.59 Å². The molecule has 1 aromatic heterocycles. The first-order chi connectivity index (χ1) is 11.5. The summed E-state index contributed by atoms with van der Waals surface area (Å²) in [5.74, 6) is 0.787. The van der Waals surface area contributed by atoms with E-state index in [9.17, 15) is 9.59 Å². The second-order valence-electron chi connectivity index (χ2n) is 7.18. The van der Waals surface area contributed by atoms with Crippen LogP contribution in [0.25, 0.3) is 0 Å². The van der Waals surface area contributed by atoms with E-state index in [0.717, 1.165) is 49.5 Å². The van der Waals surface area contributed by atoms with E-state index < -0.39 is 0 Å². The summed E-state index contributed by atoms with van der Waals surface area (Å²) in [4.78, 5) is 33.4. The Kier molecular flexibility index (Phi) is 5.23. The maximum atomic E-state index is 12.8. The Morgan fingerprint density at radius 1 is 1.25 bits per heavy atom. The topological polar surface area (TPSA) is 53.5 Å². The van der Waals surface area contributed by atoms with Crippen molar-refractivity contribution >= 4 is 23.2 Å². The van der Waals surface area contributed by atoms with Crippen LogP contribution in [0, 0.1) is 18.8 Å². The van der Waals surface area contributed by atoms with Gasteiger partial charge in [-0.3, -0.25) is 9.59 Å². The molecule has 2 heterocycles. The van der Waals surface area contributed by atoms with Crippen molar-refractivity contribution in [2.75, 3.05) is 20.1 Å². The summed E-state index contributed by atoms with van der Waals surface area (Å²) in [5, 5.41) is 3.01. The van der Waals surface area contributed by atoms with Crippen LogP contribution in [0.5, 0.6) is 0 Å². The molecular weight excluding hydrogens is 322 g/mol. The molecule has 3 rings (SSSR count). The highest BCUT2D eigenvalue weighted by Gasteiger charge is 2.34. The molecule has 0 spiro atoms. The van der Waals surface area contributed by atoms with Gasteiger partial charge >= 0.3 is 0 Å². The number of rotatable bonds is 4. The molecule has 1 aliphatic heterocycles. The van der Waals surface area contributed by atoms with Crippen molar-refractivity contribution in [2.45, 2.75) is 52.0 Å². The zero-order valence-electron chi connectivity index (χ0n) is 14.8. The smallest absolute Gasteiger partial charge is 0.226 e. The number of thiazole rings is 1. The molecule has 0 aromatic carbocycles. The first kappa shape index (κ1) is 17.4. The van der Waals surface area contributed by atoms with Gasteiger partial charge in [0.15, 0.2) is 0 Å². The zero-order valence-corrected chi connectivity index (χ0v) is 15.6. The van der Waals surface area contributed by atoms with Gasteiger partial charge in [0.25, 0.3) is 0 Å². The van der Waals surface area contributed by atoms with Crippen molar-refractivity contribution in [1.82, 2.24) is 14.8 Å². The number of nitrogens with zero attached hydrogens (tertiary/aromatic N) is 3. The van der Waals surface area contributed by atoms with E-state index in [2.05, 4.69) is 4.98 Å². The first-order valence-corrected chi connectivity index (χ1v) is 9.83. The Labute approximate surface area is 148 Å². The fourth-order valence-corrected chi connectivity index (χ4v) is 4.36. The first-order valence-electron chi connectivity index (χ1n) is 8.95. The third-order valence-electron chi connectivity index (χ3n) is 5.53. The predicted octanol–water partition coefficient (Wildman–Crippen LogP) is 3.01. The standard InChI is InChI=1S/C18H27N3O2S/c1-12-11-24-16(19-12)13(2)20(3)17(22)15-7-9-21(10-8-15)18(23)14-5-4-6-14/h11,13-15H,4-10H2,1-3H3/t13-/m0/s1. The number of hydrogen-bond acceptors (Lipinski definition) is 4. The lowest BCUT2D eigenvalue weighted by atomic mass is 9.83. The van der Waals surface area contributed by atoms with E-state index in [1.54, 1.807) is 11.3 Å². The van der Waals surface area contributed by atoms with E-state index in [0.29, 0.717) is 5.91 Å². The number of aromatic nitrogens is 1. The van der Waals surface area contributed by atoms with Crippen LogP contribution in [0.1, 0.15) is 55.8 Å². The molecule has 24 heavy (non-hydrogen) atoms. The number of amides is 2. The molecular formula is C18H27N3O2S. The van der Waals surface area contributed by atoms with Gasteiger partial charge in [-0.15, -0.1) is 11.3 Å². The van der Waals surface area contributed by atoms with Crippen LogP contribution in [0.4, 0.5) is 0 Å². The van der Waals surface area contributed by atoms with E-state index >= 15 is 0 Å². The van der Waals surface area contributed by atoms with Crippen molar-refractivity contribution in [1.29, 1.82) is 0 Å². The van der Waals surface area contributed by atoms with Gasteiger partial charge < -0.3 is 9.80 Å². The van der Waals surface area contributed by atoms with Gasteiger partial charge in [0.2, 0.25) is 11.8 Å². The number of aryl methyl sites for hydroxylation is 1. The average Bonchev–Trinajstić information content (AvgIpc) is 2.97. The van der Waals surface area contributed by atoms with E-state index in [1.165, 1.54) is 6.42 Å². The zero-order chi connectivity index (χ0) is 17.3. The monoisotopic (exact) mass is 349 g/mol. The summed E-state index contributed by atoms with van der Waals surface area (Å²) in [6.07, 6.45) is 4.84. The van der Waals surface area contributed by atoms with Gasteiger partial charge in [0.05, 0.1) is 6.04 Å². The largest absolute Gasteiger partial charge is 0.342 e. The minimum atomic E-state index is 0.00541. The molecule has 1 aromatic rings. The van der Waals surface area contributed by atoms with Gasteiger partial charge in [0, 0.05) is 43.0 Å². The van der Waals surface area contributed by atoms with Crippen molar-refractivity contribution in [2.24, 2.45) is 11.8 Å². The number of likely N-dealkylation sites (tertiary alicyclic amines) is 1. The highest BCUT2D eigenvalue weighted by molar-refractivity contribution is 7.09. The number of carbonyl (C=O) groups is 2. The van der Waals surface area contributed by atoms with Crippen molar-refractivity contribution in [3.8, 4) is 0 Å². The van der Waals surface area contributed by atoms with Crippen LogP contribution >= 0.6 is 11.3 Å². The average molecular weight is 350 g/mol. The Balaban J connectivity index is 1.53. The molecule has 2 fully saturated rings. The number of carbonyl (C=O) groups excluding carboxylic acids is 2. The second kappa shape index (κ2) is 7.21. The van der Waals surface area contributed by atoms with E-state index in [-0.39, 0.29) is 23.8 Å². The fraction of sp³-hybridized carbons (Fsp3) is 0.722. The van der Waals surface area contributed by atoms with Crippen LogP contribution in [0.2, 0.25) is 0 Å². The molecule has 2 aliphatic rings. The fourth-order valence-electron chi connectivity index (χ4n) is 3.47. The highest BCUT2D eigenvalue weighted by Crippen LogP contribution is 2.31. The minimum Gasteiger partial charge on any atom is -0.342 e. The van der Waals surface area contributed by atoms with Crippen molar-refractivity contribution in [3.05, 3.63) is 16.1 Å². The molecule has 0 radical (unpaired) electrons. The second-order valence-corrected chi connectivity index (χ2v) is 8.07. The van der Waals surface area contributed by atoms with Gasteiger partial charge in [-0.25, -0.2) is 4.98 Å². The summed E-state index contributed by atoms with van der Waals surface area (Å²) in [5.41, 5.74) is 1.01. The lowest BCUT2D eigenvalue weighted by Crippen LogP contribution is -2.46. The molecule has 5 nitrogen and oxygen atoms in total. The quantitative estimate of drug-likeness (QED) is 0.840. The van der Waals surface area contributed by atoms with E-state index in [4.69, 9.17) is 0 Å². The number of hydrogen-bond donors (Lipinski definition) is 0. The van der Waals surface area contributed by atoms with Crippen LogP contribution in [-0.4, -0.2) is 46.7 Å². The minimum absolute atomic E-state index is 0.00541. The summed E-state index contributed by atoms with van der Waals surface area (Å²) >= 11 is 1.61. The molecule has 0 bridgehead atoms. The van der Waals surface area contributed by atoms with E-state index in [1.807, 2.05) is 36.1 Å². The molecule has 0 unspecified atom stereocenters. The van der Waals surface area contributed by atoms with Crippen LogP contribution < -0.4 is 0 Å². The maximum absolute atomic E-state index is 12.8. The SMILES string of the molecule is Cc1csc([C@H](C)N(C)C(=O)C2CCN(C(=O)C3CCC3)CC2)n1. The number of piperidine rings is 1. The Morgan fingerprint density at radius 3 is 2.42 bits per heavy atom. The molecule has 1 aliphatic carbocycles. The summed E-state index contributed by atoms with van der Waals surface area (Å²) in [6.45, 7) is 5.46. The third-order valence-corrected chi connectivity index (χ3v) is 6.67. The summed E-state index contributed by atoms with van der Waals surface area (Å²) < 4.78 is 0. The predicted molar refractivity (Wildman–Crippen MR) is 94.7 cm³/mol. The molecule has 2 amide bonds. The molecule has 132 valence electrons. The molecule has 1 atom stereocenters. The Bertz CT molecular complexity index is 603. The normalized spacial score (nSPS) is 20.5. The highest BCUT2D eigenvalue weighted by atomic mass is 32.1. The van der Waals surface area contributed by atoms with Gasteiger partial charge in [-0.05, 0) is 39.5 Å². The molecule has 0 N–H and O–H groups in total. The maximum Gasteiger partial charge on any atom is 0.226 e. The molecule has 1 saturated carbocycles. The van der Waals surface area contributed by atoms with Crippen molar-refractivity contribution in [3.63, 3.8) is 0 Å². The van der Waals surface area contributed by atoms with Gasteiger partial charge in [-0.1, -0.05) is 6.42 Å². The molecule has 1 saturated heterocycles. The van der Waals surface area contributed by atoms with Gasteiger partial charge in [-0.2, -0.15) is 0 Å². The lowest BCUT2D eigenvalue weighted by molar-refractivity contribution is -0.144.